The minimum absolute atomic E-state index is 0.141. The van der Waals surface area contributed by atoms with Gasteiger partial charge in [0.25, 0.3) is 0 Å². The molecule has 1 aromatic carbocycles. The predicted molar refractivity (Wildman–Crippen MR) is 72.8 cm³/mol. The number of halogens is 1. The van der Waals surface area contributed by atoms with Crippen molar-refractivity contribution in [1.82, 2.24) is 0 Å². The summed E-state index contributed by atoms with van der Waals surface area (Å²) < 4.78 is 22.8. The van der Waals surface area contributed by atoms with E-state index in [9.17, 15) is 13.5 Å². The van der Waals surface area contributed by atoms with Crippen LogP contribution in [0.2, 0.25) is 0 Å². The summed E-state index contributed by atoms with van der Waals surface area (Å²) >= 11 is 3.37. The first kappa shape index (κ1) is 14.7. The maximum atomic E-state index is 10.9. The molecular formula is C12H17BrO3S. The zero-order valence-corrected chi connectivity index (χ0v) is 12.2. The Morgan fingerprint density at radius 1 is 1.41 bits per heavy atom. The van der Waals surface area contributed by atoms with Crippen molar-refractivity contribution in [3.8, 4) is 0 Å². The molecule has 3 nitrogen and oxygen atoms in total. The van der Waals surface area contributed by atoms with E-state index in [1.807, 2.05) is 24.3 Å². The van der Waals surface area contributed by atoms with Gasteiger partial charge in [0.05, 0.1) is 6.10 Å². The second kappa shape index (κ2) is 6.52. The molecule has 0 fully saturated rings. The molecule has 0 aliphatic heterocycles. The Morgan fingerprint density at radius 3 is 2.71 bits per heavy atom. The van der Waals surface area contributed by atoms with Crippen molar-refractivity contribution in [3.05, 3.63) is 34.3 Å². The van der Waals surface area contributed by atoms with Crippen molar-refractivity contribution < 1.29 is 13.5 Å². The first-order valence-corrected chi connectivity index (χ1v) is 8.32. The van der Waals surface area contributed by atoms with Gasteiger partial charge in [-0.05, 0) is 37.0 Å². The van der Waals surface area contributed by atoms with Crippen LogP contribution in [0.5, 0.6) is 0 Å². The van der Waals surface area contributed by atoms with Crippen molar-refractivity contribution in [2.45, 2.75) is 25.4 Å². The zero-order valence-electron chi connectivity index (χ0n) is 9.77. The molecule has 0 saturated heterocycles. The first-order chi connectivity index (χ1) is 7.87. The summed E-state index contributed by atoms with van der Waals surface area (Å²) in [6.07, 6.45) is 2.32. The Balaban J connectivity index is 2.37. The molecule has 96 valence electrons. The Morgan fingerprint density at radius 2 is 2.12 bits per heavy atom. The van der Waals surface area contributed by atoms with Crippen LogP contribution >= 0.6 is 15.9 Å². The largest absolute Gasteiger partial charge is 0.393 e. The third kappa shape index (κ3) is 6.81. The highest BCUT2D eigenvalue weighted by atomic mass is 79.9. The summed E-state index contributed by atoms with van der Waals surface area (Å²) in [5.41, 5.74) is 1.05. The van der Waals surface area contributed by atoms with Gasteiger partial charge in [0.2, 0.25) is 0 Å². The van der Waals surface area contributed by atoms with E-state index in [-0.39, 0.29) is 5.75 Å². The van der Waals surface area contributed by atoms with Gasteiger partial charge in [0, 0.05) is 16.5 Å². The highest BCUT2D eigenvalue weighted by Crippen LogP contribution is 2.14. The highest BCUT2D eigenvalue weighted by Gasteiger charge is 2.08. The second-order valence-electron chi connectivity index (χ2n) is 4.26. The van der Waals surface area contributed by atoms with Gasteiger partial charge in [-0.1, -0.05) is 28.1 Å². The zero-order chi connectivity index (χ0) is 12.9. The average Bonchev–Trinajstić information content (AvgIpc) is 2.15. The van der Waals surface area contributed by atoms with Crippen molar-refractivity contribution in [2.75, 3.05) is 12.0 Å². The molecule has 1 aromatic rings. The van der Waals surface area contributed by atoms with E-state index in [0.717, 1.165) is 10.0 Å². The van der Waals surface area contributed by atoms with Gasteiger partial charge in [-0.2, -0.15) is 0 Å². The highest BCUT2D eigenvalue weighted by molar-refractivity contribution is 9.10. The van der Waals surface area contributed by atoms with E-state index >= 15 is 0 Å². The smallest absolute Gasteiger partial charge is 0.147 e. The van der Waals surface area contributed by atoms with Gasteiger partial charge < -0.3 is 5.11 Å². The lowest BCUT2D eigenvalue weighted by atomic mass is 10.1. The summed E-state index contributed by atoms with van der Waals surface area (Å²) in [7, 11) is -2.92. The van der Waals surface area contributed by atoms with E-state index in [1.54, 1.807) is 0 Å². The summed E-state index contributed by atoms with van der Waals surface area (Å²) in [6.45, 7) is 0. The quantitative estimate of drug-likeness (QED) is 0.874. The summed E-state index contributed by atoms with van der Waals surface area (Å²) in [6, 6.07) is 7.76. The summed E-state index contributed by atoms with van der Waals surface area (Å²) in [4.78, 5) is 0. The monoisotopic (exact) mass is 320 g/mol. The molecule has 0 aliphatic carbocycles. The molecule has 1 N–H and O–H groups in total. The van der Waals surface area contributed by atoms with Crippen LogP contribution < -0.4 is 0 Å². The molecule has 0 amide bonds. The van der Waals surface area contributed by atoms with Gasteiger partial charge in [0.15, 0.2) is 0 Å². The Labute approximate surface area is 111 Å². The fraction of sp³-hybridized carbons (Fsp3) is 0.500. The first-order valence-electron chi connectivity index (χ1n) is 5.47. The van der Waals surface area contributed by atoms with E-state index in [1.165, 1.54) is 6.26 Å². The Bertz CT molecular complexity index is 457. The fourth-order valence-corrected chi connectivity index (χ4v) is 2.76. The molecule has 17 heavy (non-hydrogen) atoms. The van der Waals surface area contributed by atoms with Crippen LogP contribution in [0.15, 0.2) is 28.7 Å². The molecule has 0 aromatic heterocycles. The molecule has 1 rings (SSSR count). The molecule has 5 heteroatoms. The van der Waals surface area contributed by atoms with Crippen LogP contribution in [-0.4, -0.2) is 31.6 Å². The Hall–Kier alpha value is -0.390. The normalized spacial score (nSPS) is 13.6. The maximum absolute atomic E-state index is 10.9. The third-order valence-corrected chi connectivity index (χ3v) is 3.94. The van der Waals surface area contributed by atoms with E-state index in [0.29, 0.717) is 19.3 Å². The molecule has 1 unspecified atom stereocenters. The number of hydrogen-bond acceptors (Lipinski definition) is 3. The SMILES string of the molecule is CS(=O)(=O)CCCC(O)Cc1cccc(Br)c1. The molecule has 0 aliphatic rings. The Kier molecular flexibility index (Phi) is 5.62. The molecule has 1 atom stereocenters. The van der Waals surface area contributed by atoms with Gasteiger partial charge in [-0.25, -0.2) is 8.42 Å². The molecule has 0 bridgehead atoms. The molecule has 0 heterocycles. The number of aliphatic hydroxyl groups excluding tert-OH is 1. The van der Waals surface area contributed by atoms with Crippen molar-refractivity contribution in [1.29, 1.82) is 0 Å². The van der Waals surface area contributed by atoms with Gasteiger partial charge in [-0.15, -0.1) is 0 Å². The van der Waals surface area contributed by atoms with Crippen LogP contribution in [0.4, 0.5) is 0 Å². The fourth-order valence-electron chi connectivity index (χ4n) is 1.62. The van der Waals surface area contributed by atoms with E-state index < -0.39 is 15.9 Å². The number of aliphatic hydroxyl groups is 1. The molecular weight excluding hydrogens is 304 g/mol. The maximum Gasteiger partial charge on any atom is 0.147 e. The van der Waals surface area contributed by atoms with Crippen molar-refractivity contribution in [3.63, 3.8) is 0 Å². The minimum atomic E-state index is -2.92. The van der Waals surface area contributed by atoms with Crippen LogP contribution in [0, 0.1) is 0 Å². The van der Waals surface area contributed by atoms with E-state index in [4.69, 9.17) is 0 Å². The van der Waals surface area contributed by atoms with Crippen LogP contribution in [0.3, 0.4) is 0 Å². The standard InChI is InChI=1S/C12H17BrO3S/c1-17(15,16)7-3-6-12(14)9-10-4-2-5-11(13)8-10/h2,4-5,8,12,14H,3,6-7,9H2,1H3. The molecule has 0 saturated carbocycles. The minimum Gasteiger partial charge on any atom is -0.393 e. The number of rotatable bonds is 6. The number of sulfone groups is 1. The predicted octanol–water partition coefficient (Wildman–Crippen LogP) is 2.18. The van der Waals surface area contributed by atoms with Gasteiger partial charge in [0.1, 0.15) is 9.84 Å². The lowest BCUT2D eigenvalue weighted by molar-refractivity contribution is 0.164. The summed E-state index contributed by atoms with van der Waals surface area (Å²) in [5.74, 6) is 0.141. The lowest BCUT2D eigenvalue weighted by Crippen LogP contribution is -2.13. The lowest BCUT2D eigenvalue weighted by Gasteiger charge is -2.10. The average molecular weight is 321 g/mol. The molecule has 0 spiro atoms. The van der Waals surface area contributed by atoms with Crippen LogP contribution in [-0.2, 0) is 16.3 Å². The van der Waals surface area contributed by atoms with Gasteiger partial charge in [-0.3, -0.25) is 0 Å². The summed E-state index contributed by atoms with van der Waals surface area (Å²) in [5, 5.41) is 9.78. The van der Waals surface area contributed by atoms with Gasteiger partial charge >= 0.3 is 0 Å². The number of benzene rings is 1. The third-order valence-electron chi connectivity index (χ3n) is 2.41. The van der Waals surface area contributed by atoms with Crippen LogP contribution in [0.1, 0.15) is 18.4 Å². The molecule has 0 radical (unpaired) electrons. The van der Waals surface area contributed by atoms with Crippen LogP contribution in [0.25, 0.3) is 0 Å². The van der Waals surface area contributed by atoms with Crippen molar-refractivity contribution in [2.24, 2.45) is 0 Å². The topological polar surface area (TPSA) is 54.4 Å². The second-order valence-corrected chi connectivity index (χ2v) is 7.44. The van der Waals surface area contributed by atoms with Crippen molar-refractivity contribution >= 4 is 25.8 Å². The van der Waals surface area contributed by atoms with E-state index in [2.05, 4.69) is 15.9 Å². The number of hydrogen-bond donors (Lipinski definition) is 1.